The van der Waals surface area contributed by atoms with Crippen LogP contribution in [0.15, 0.2) is 32.4 Å². The van der Waals surface area contributed by atoms with Gasteiger partial charge < -0.3 is 9.51 Å². The third-order valence-corrected chi connectivity index (χ3v) is 4.00. The smallest absolute Gasteiger partial charge is 0.329 e. The molecule has 10 heteroatoms. The van der Waals surface area contributed by atoms with Gasteiger partial charge in [-0.05, 0) is 19.1 Å². The fourth-order valence-corrected chi connectivity index (χ4v) is 2.65. The summed E-state index contributed by atoms with van der Waals surface area (Å²) in [7, 11) is 1.55. The van der Waals surface area contributed by atoms with Crippen LogP contribution in [0.25, 0.3) is 22.6 Å². The van der Waals surface area contributed by atoms with Gasteiger partial charge >= 0.3 is 5.69 Å². The van der Waals surface area contributed by atoms with E-state index in [2.05, 4.69) is 30.1 Å². The molecule has 0 unspecified atom stereocenters. The minimum atomic E-state index is -0.505. The Hall–Kier alpha value is -3.56. The lowest BCUT2D eigenvalue weighted by Crippen LogP contribution is -2.28. The van der Waals surface area contributed by atoms with Crippen LogP contribution in [-0.4, -0.2) is 34.6 Å². The zero-order valence-corrected chi connectivity index (χ0v) is 14.1. The number of pyridine rings is 1. The van der Waals surface area contributed by atoms with Crippen LogP contribution in [0.3, 0.4) is 0 Å². The summed E-state index contributed by atoms with van der Waals surface area (Å²) in [4.78, 5) is 41.4. The maximum atomic E-state index is 11.8. The second kappa shape index (κ2) is 6.06. The van der Waals surface area contributed by atoms with E-state index in [1.54, 1.807) is 13.2 Å². The van der Waals surface area contributed by atoms with Gasteiger partial charge in [-0.3, -0.25) is 19.3 Å². The molecule has 0 aromatic carbocycles. The number of imidazole rings is 1. The van der Waals surface area contributed by atoms with E-state index in [1.807, 2.05) is 19.1 Å². The summed E-state index contributed by atoms with van der Waals surface area (Å²) >= 11 is 0. The molecule has 0 bridgehead atoms. The minimum Gasteiger partial charge on any atom is -0.339 e. The predicted octanol–water partition coefficient (Wildman–Crippen LogP) is 0.489. The number of hydrogen-bond donors (Lipinski definition) is 2. The average molecular weight is 353 g/mol. The molecule has 4 rings (SSSR count). The van der Waals surface area contributed by atoms with Crippen molar-refractivity contribution >= 4 is 11.2 Å². The van der Waals surface area contributed by atoms with Crippen molar-refractivity contribution in [1.29, 1.82) is 0 Å². The van der Waals surface area contributed by atoms with Crippen LogP contribution in [0, 0.1) is 6.92 Å². The number of rotatable bonds is 4. The first-order valence-electron chi connectivity index (χ1n) is 7.95. The van der Waals surface area contributed by atoms with E-state index in [1.165, 1.54) is 4.57 Å². The van der Waals surface area contributed by atoms with Gasteiger partial charge in [-0.15, -0.1) is 0 Å². The van der Waals surface area contributed by atoms with Crippen molar-refractivity contribution in [2.75, 3.05) is 0 Å². The summed E-state index contributed by atoms with van der Waals surface area (Å²) in [5, 5.41) is 3.98. The third-order valence-electron chi connectivity index (χ3n) is 4.00. The highest BCUT2D eigenvalue weighted by Crippen LogP contribution is 2.16. The van der Waals surface area contributed by atoms with Crippen LogP contribution >= 0.6 is 0 Å². The highest BCUT2D eigenvalue weighted by atomic mass is 16.5. The normalized spacial score (nSPS) is 11.3. The molecular formula is C16H15N7O3. The van der Waals surface area contributed by atoms with Gasteiger partial charge in [0.2, 0.25) is 11.7 Å². The second-order valence-electron chi connectivity index (χ2n) is 5.90. The summed E-state index contributed by atoms with van der Waals surface area (Å²) < 4.78 is 6.56. The molecular weight excluding hydrogens is 338 g/mol. The van der Waals surface area contributed by atoms with Gasteiger partial charge in [0.05, 0.1) is 0 Å². The van der Waals surface area contributed by atoms with E-state index in [4.69, 9.17) is 4.52 Å². The molecule has 10 nitrogen and oxygen atoms in total. The molecule has 4 aromatic rings. The van der Waals surface area contributed by atoms with Crippen LogP contribution in [0.2, 0.25) is 0 Å². The summed E-state index contributed by atoms with van der Waals surface area (Å²) in [6.07, 6.45) is 2.60. The quantitative estimate of drug-likeness (QED) is 0.545. The Morgan fingerprint density at radius 3 is 2.85 bits per heavy atom. The Morgan fingerprint density at radius 1 is 1.19 bits per heavy atom. The molecule has 0 aliphatic carbocycles. The molecule has 4 aromatic heterocycles. The van der Waals surface area contributed by atoms with Gasteiger partial charge in [-0.25, -0.2) is 9.78 Å². The zero-order chi connectivity index (χ0) is 18.3. The van der Waals surface area contributed by atoms with E-state index in [-0.39, 0.29) is 5.52 Å². The van der Waals surface area contributed by atoms with E-state index in [9.17, 15) is 9.59 Å². The molecule has 0 amide bonds. The van der Waals surface area contributed by atoms with E-state index < -0.39 is 11.2 Å². The molecule has 0 saturated carbocycles. The Morgan fingerprint density at radius 2 is 2.04 bits per heavy atom. The first-order chi connectivity index (χ1) is 12.5. The third kappa shape index (κ3) is 2.81. The zero-order valence-electron chi connectivity index (χ0n) is 14.1. The Kier molecular flexibility index (Phi) is 3.72. The molecule has 2 N–H and O–H groups in total. The molecule has 0 radical (unpaired) electrons. The summed E-state index contributed by atoms with van der Waals surface area (Å²) in [6, 6.07) is 3.69. The number of H-pyrrole nitrogens is 2. The van der Waals surface area contributed by atoms with Gasteiger partial charge in [-0.2, -0.15) is 4.98 Å². The largest absolute Gasteiger partial charge is 0.339 e. The Balaban J connectivity index is 1.56. The molecule has 0 aliphatic rings. The molecule has 132 valence electrons. The number of nitrogens with zero attached hydrogens (tertiary/aromatic N) is 5. The number of fused-ring (bicyclic) bond motifs is 1. The number of aryl methyl sites for hydroxylation is 4. The van der Waals surface area contributed by atoms with Crippen molar-refractivity contribution in [3.8, 4) is 11.4 Å². The maximum absolute atomic E-state index is 11.8. The number of hydrogen-bond acceptors (Lipinski definition) is 7. The fraction of sp³-hybridized carbons (Fsp3) is 0.250. The monoisotopic (exact) mass is 353 g/mol. The summed E-state index contributed by atoms with van der Waals surface area (Å²) in [5.74, 6) is 1.51. The molecule has 0 aliphatic heterocycles. The lowest BCUT2D eigenvalue weighted by atomic mass is 10.2. The maximum Gasteiger partial charge on any atom is 0.329 e. The van der Waals surface area contributed by atoms with Crippen LogP contribution in [0.4, 0.5) is 0 Å². The Labute approximate surface area is 145 Å². The lowest BCUT2D eigenvalue weighted by molar-refractivity contribution is 0.378. The second-order valence-corrected chi connectivity index (χ2v) is 5.90. The molecule has 0 fully saturated rings. The molecule has 0 spiro atoms. The molecule has 4 heterocycles. The number of aromatic amines is 2. The van der Waals surface area contributed by atoms with Crippen molar-refractivity contribution in [3.05, 3.63) is 56.6 Å². The summed E-state index contributed by atoms with van der Waals surface area (Å²) in [5.41, 5.74) is 1.28. The summed E-state index contributed by atoms with van der Waals surface area (Å²) in [6.45, 7) is 1.89. The average Bonchev–Trinajstić information content (AvgIpc) is 3.25. The van der Waals surface area contributed by atoms with Gasteiger partial charge in [0, 0.05) is 37.3 Å². The van der Waals surface area contributed by atoms with Gasteiger partial charge in [0.25, 0.3) is 5.56 Å². The first-order valence-corrected chi connectivity index (χ1v) is 7.95. The molecule has 0 atom stereocenters. The Bertz CT molecular complexity index is 1210. The van der Waals surface area contributed by atoms with Crippen LogP contribution in [0.5, 0.6) is 0 Å². The van der Waals surface area contributed by atoms with Crippen LogP contribution in [-0.2, 0) is 19.9 Å². The highest BCUT2D eigenvalue weighted by molar-refractivity contribution is 5.69. The van der Waals surface area contributed by atoms with Gasteiger partial charge in [0.1, 0.15) is 11.3 Å². The van der Waals surface area contributed by atoms with Crippen molar-refractivity contribution in [1.82, 2.24) is 34.6 Å². The standard InChI is InChI=1S/C16H15N7O3/c1-8-7-9(5-6-17-8)13-20-11(26-22-13)4-3-10-18-12-14(19-10)23(2)16(25)21-15(12)24/h5-7H,3-4H2,1-2H3,(H,18,19)(H,21,24,25). The van der Waals surface area contributed by atoms with E-state index in [0.717, 1.165) is 11.3 Å². The fourth-order valence-electron chi connectivity index (χ4n) is 2.65. The first kappa shape index (κ1) is 15.9. The molecule has 0 saturated heterocycles. The van der Waals surface area contributed by atoms with Crippen LogP contribution in [0.1, 0.15) is 17.4 Å². The predicted molar refractivity (Wildman–Crippen MR) is 91.6 cm³/mol. The highest BCUT2D eigenvalue weighted by Gasteiger charge is 2.13. The van der Waals surface area contributed by atoms with Crippen molar-refractivity contribution in [2.24, 2.45) is 7.05 Å². The van der Waals surface area contributed by atoms with Gasteiger partial charge in [0.15, 0.2) is 5.65 Å². The van der Waals surface area contributed by atoms with Crippen LogP contribution < -0.4 is 11.2 Å². The van der Waals surface area contributed by atoms with E-state index >= 15 is 0 Å². The van der Waals surface area contributed by atoms with Crippen molar-refractivity contribution < 1.29 is 4.52 Å². The van der Waals surface area contributed by atoms with Gasteiger partial charge in [-0.1, -0.05) is 5.16 Å². The molecule has 26 heavy (non-hydrogen) atoms. The van der Waals surface area contributed by atoms with E-state index in [0.29, 0.717) is 36.0 Å². The number of aromatic nitrogens is 7. The minimum absolute atomic E-state index is 0.264. The van der Waals surface area contributed by atoms with Crippen molar-refractivity contribution in [2.45, 2.75) is 19.8 Å². The van der Waals surface area contributed by atoms with Crippen molar-refractivity contribution in [3.63, 3.8) is 0 Å². The number of nitrogens with one attached hydrogen (secondary N) is 2. The lowest BCUT2D eigenvalue weighted by Gasteiger charge is -1.95. The topological polar surface area (TPSA) is 135 Å². The SMILES string of the molecule is Cc1cc(-c2noc(CCc3nc4c([nH]3)c(=O)[nH]c(=O)n4C)n2)ccn1.